The first-order chi connectivity index (χ1) is 3.15. The normalized spacial score (nSPS) is 7.57. The van der Waals surface area contributed by atoms with Gasteiger partial charge in [-0.25, -0.2) is 8.78 Å². The third-order valence-electron chi connectivity index (χ3n) is 0. The van der Waals surface area contributed by atoms with Crippen LogP contribution in [-0.4, -0.2) is 16.7 Å². The molecule has 0 atom stereocenters. The van der Waals surface area contributed by atoms with E-state index in [0.29, 0.717) is 0 Å². The van der Waals surface area contributed by atoms with Crippen molar-refractivity contribution < 1.29 is 23.1 Å². The molecule has 0 rings (SSSR count). The van der Waals surface area contributed by atoms with Gasteiger partial charge in [-0.15, -0.1) is 0 Å². The van der Waals surface area contributed by atoms with E-state index in [0.717, 1.165) is 0 Å². The summed E-state index contributed by atoms with van der Waals surface area (Å²) in [5.74, 6) is 0. The molecule has 7 heavy (non-hydrogen) atoms. The molecule has 0 radical (unpaired) electrons. The molecular weight excluding hydrogens is 129 g/mol. The first-order valence-electron chi connectivity index (χ1n) is 1.19. The van der Waals surface area contributed by atoms with Crippen LogP contribution in [0.5, 0.6) is 0 Å². The summed E-state index contributed by atoms with van der Waals surface area (Å²) in [7, 11) is -3.13. The summed E-state index contributed by atoms with van der Waals surface area (Å²) in [6.07, 6.45) is 0. The highest BCUT2D eigenvalue weighted by atomic mass is 31.1. The van der Waals surface area contributed by atoms with E-state index in [1.165, 1.54) is 0 Å². The van der Waals surface area contributed by atoms with Gasteiger partial charge in [-0.2, -0.15) is 0 Å². The van der Waals surface area contributed by atoms with Crippen LogP contribution in [0.2, 0.25) is 0 Å². The molecule has 0 aliphatic carbocycles. The molecule has 46 valence electrons. The molecule has 0 aromatic heterocycles. The zero-order valence-electron chi connectivity index (χ0n) is 3.27. The van der Waals surface area contributed by atoms with Crippen molar-refractivity contribution in [3.05, 3.63) is 0 Å². The average molecular weight is 134 g/mol. The molecule has 0 aromatic carbocycles. The highest BCUT2D eigenvalue weighted by Gasteiger charge is 1.61. The predicted octanol–water partition coefficient (Wildman–Crippen LogP) is 0.244. The zero-order chi connectivity index (χ0) is 6.28. The second-order valence-corrected chi connectivity index (χ2v) is 0.949. The summed E-state index contributed by atoms with van der Waals surface area (Å²) >= 11 is 0. The van der Waals surface area contributed by atoms with E-state index in [9.17, 15) is 8.78 Å². The van der Waals surface area contributed by atoms with E-state index in [1.807, 2.05) is 0 Å². The minimum Gasteiger partial charge on any atom is -0.326 e. The van der Waals surface area contributed by atoms with Crippen LogP contribution in [0.3, 0.4) is 0 Å². The minimum atomic E-state index is -3.13. The summed E-state index contributed by atoms with van der Waals surface area (Å²) in [6, 6.07) is 0. The van der Waals surface area contributed by atoms with Gasteiger partial charge in [-0.1, -0.05) is 0 Å². The number of hydrogen-bond acceptors (Lipinski definition) is 1. The van der Waals surface area contributed by atoms with Crippen LogP contribution in [0.25, 0.3) is 0 Å². The smallest absolute Gasteiger partial charge is 0.314 e. The fourth-order valence-electron chi connectivity index (χ4n) is 0. The third kappa shape index (κ3) is 966000. The average Bonchev–Trinajstić information content (AvgIpc) is 1.33. The summed E-state index contributed by atoms with van der Waals surface area (Å²) in [6.45, 7) is -1.75. The quantitative estimate of drug-likeness (QED) is 0.466. The molecule has 6 heteroatoms. The fourth-order valence-corrected chi connectivity index (χ4v) is 0. The molecule has 0 amide bonds. The van der Waals surface area contributed by atoms with E-state index in [-0.39, 0.29) is 0 Å². The maximum atomic E-state index is 9.62. The first kappa shape index (κ1) is 10.1. The Hall–Kier alpha value is 0.01000. The van der Waals surface area contributed by atoms with Gasteiger partial charge in [0.1, 0.15) is 0 Å². The molecule has 0 saturated heterocycles. The molecule has 0 aromatic rings. The molecule has 0 heterocycles. The molecule has 0 aliphatic rings. The predicted molar refractivity (Wildman–Crippen MR) is 20.5 cm³/mol. The van der Waals surface area contributed by atoms with E-state index < -0.39 is 15.2 Å². The molecule has 0 bridgehead atoms. The molecule has 0 spiro atoms. The molecule has 0 saturated carbocycles. The molecule has 0 fully saturated rings. The van der Waals surface area contributed by atoms with Crippen LogP contribution >= 0.6 is 8.25 Å². The summed E-state index contributed by atoms with van der Waals surface area (Å²) in [5, 5.41) is 0. The van der Waals surface area contributed by atoms with Crippen LogP contribution in [0.15, 0.2) is 0 Å². The summed E-state index contributed by atoms with van der Waals surface area (Å²) < 4.78 is 28.0. The number of halogens is 2. The van der Waals surface area contributed by atoms with E-state index >= 15 is 0 Å². The molecule has 2 N–H and O–H groups in total. The lowest BCUT2D eigenvalue weighted by Gasteiger charge is -1.61. The van der Waals surface area contributed by atoms with Crippen LogP contribution in [-0.2, 0) is 4.57 Å². The number of rotatable bonds is 0. The van der Waals surface area contributed by atoms with Gasteiger partial charge in [0.15, 0.2) is 0 Å². The van der Waals surface area contributed by atoms with E-state index in [2.05, 4.69) is 0 Å². The molecule has 0 aliphatic heterocycles. The van der Waals surface area contributed by atoms with Crippen molar-refractivity contribution in [2.24, 2.45) is 0 Å². The van der Waals surface area contributed by atoms with Crippen molar-refractivity contribution in [3.63, 3.8) is 0 Å². The number of hydrogen-bond donors (Lipinski definition) is 2. The van der Waals surface area contributed by atoms with Crippen LogP contribution in [0.4, 0.5) is 8.78 Å². The largest absolute Gasteiger partial charge is 0.326 e. The van der Waals surface area contributed by atoms with Gasteiger partial charge in [-0.05, 0) is 0 Å². The van der Waals surface area contributed by atoms with Gasteiger partial charge >= 0.3 is 8.25 Å². The van der Waals surface area contributed by atoms with Gasteiger partial charge in [0.2, 0.25) is 6.93 Å². The minimum absolute atomic E-state index is 1.75. The Bertz CT molecular complexity index is 44.2. The Kier molecular flexibility index (Phi) is 13.5. The van der Waals surface area contributed by atoms with Crippen molar-refractivity contribution in [1.82, 2.24) is 0 Å². The second kappa shape index (κ2) is 9.38. The lowest BCUT2D eigenvalue weighted by atomic mass is 11.7. The fraction of sp³-hybridized carbons (Fsp3) is 1.00. The second-order valence-electron chi connectivity index (χ2n) is 0.384. The van der Waals surface area contributed by atoms with E-state index in [4.69, 9.17) is 14.4 Å². The molecule has 0 unspecified atom stereocenters. The van der Waals surface area contributed by atoms with Gasteiger partial charge < -0.3 is 9.79 Å². The van der Waals surface area contributed by atoms with Gasteiger partial charge in [-0.3, -0.25) is 4.57 Å². The third-order valence-corrected chi connectivity index (χ3v) is 0. The Labute approximate surface area is 39.5 Å². The van der Waals surface area contributed by atoms with Crippen LogP contribution in [0.1, 0.15) is 0 Å². The zero-order valence-corrected chi connectivity index (χ0v) is 4.27. The lowest BCUT2D eigenvalue weighted by molar-refractivity contribution is 0.295. The van der Waals surface area contributed by atoms with Gasteiger partial charge in [0.25, 0.3) is 0 Å². The van der Waals surface area contributed by atoms with Crippen LogP contribution < -0.4 is 0 Å². The Morgan fingerprint density at radius 2 is 1.43 bits per heavy atom. The SMILES string of the molecule is FCF.O=[PH](O)O. The Balaban J connectivity index is 0. The highest BCUT2D eigenvalue weighted by Crippen LogP contribution is 1.98. The lowest BCUT2D eigenvalue weighted by Crippen LogP contribution is -1.38. The van der Waals surface area contributed by atoms with Crippen LogP contribution in [0, 0.1) is 0 Å². The van der Waals surface area contributed by atoms with Gasteiger partial charge in [0.05, 0.1) is 0 Å². The van der Waals surface area contributed by atoms with Gasteiger partial charge in [0, 0.05) is 0 Å². The Morgan fingerprint density at radius 1 is 1.43 bits per heavy atom. The van der Waals surface area contributed by atoms with Crippen molar-refractivity contribution in [2.75, 3.05) is 6.93 Å². The maximum absolute atomic E-state index is 9.62. The highest BCUT2D eigenvalue weighted by molar-refractivity contribution is 7.30. The maximum Gasteiger partial charge on any atom is 0.314 e. The molecular formula is CH5F2O3P. The van der Waals surface area contributed by atoms with Crippen molar-refractivity contribution in [1.29, 1.82) is 0 Å². The van der Waals surface area contributed by atoms with Crippen molar-refractivity contribution >= 4 is 8.25 Å². The monoisotopic (exact) mass is 134 g/mol. The summed E-state index contributed by atoms with van der Waals surface area (Å²) in [4.78, 5) is 14.3. The Morgan fingerprint density at radius 3 is 1.43 bits per heavy atom. The topological polar surface area (TPSA) is 57.5 Å². The van der Waals surface area contributed by atoms with E-state index in [1.54, 1.807) is 0 Å². The van der Waals surface area contributed by atoms with Crippen molar-refractivity contribution in [3.8, 4) is 0 Å². The summed E-state index contributed by atoms with van der Waals surface area (Å²) in [5.41, 5.74) is 0. The molecule has 3 nitrogen and oxygen atoms in total. The number of alkyl halides is 2. The standard InChI is InChI=1S/CH2F2.H3O3P/c2-1-3;1-4(2)3/h1H2;4H,(H2,1,2,3). The van der Waals surface area contributed by atoms with Crippen molar-refractivity contribution in [2.45, 2.75) is 0 Å². The first-order valence-corrected chi connectivity index (χ1v) is 2.49.